The van der Waals surface area contributed by atoms with Gasteiger partial charge in [0.25, 0.3) is 0 Å². The van der Waals surface area contributed by atoms with Crippen LogP contribution in [0.2, 0.25) is 0 Å². The van der Waals surface area contributed by atoms with Crippen molar-refractivity contribution in [2.24, 2.45) is 5.73 Å². The first-order valence-corrected chi connectivity index (χ1v) is 5.32. The van der Waals surface area contributed by atoms with Crippen molar-refractivity contribution in [2.45, 2.75) is 26.2 Å². The molecule has 2 N–H and O–H groups in total. The molecule has 0 unspecified atom stereocenters. The minimum absolute atomic E-state index is 0.263. The average Bonchev–Trinajstić information content (AvgIpc) is 2.47. The van der Waals surface area contributed by atoms with Gasteiger partial charge in [-0.1, -0.05) is 26.8 Å². The van der Waals surface area contributed by atoms with Crippen LogP contribution in [-0.2, 0) is 5.41 Å². The molecule has 0 radical (unpaired) electrons. The van der Waals surface area contributed by atoms with Crippen molar-refractivity contribution in [1.82, 2.24) is 0 Å². The number of hydrogen-bond acceptors (Lipinski definition) is 2. The monoisotopic (exact) mass is 195 g/mol. The molecule has 0 spiro atoms. The molecule has 0 bridgehead atoms. The van der Waals surface area contributed by atoms with E-state index in [1.54, 1.807) is 0 Å². The minimum Gasteiger partial charge on any atom is -0.327 e. The van der Waals surface area contributed by atoms with Gasteiger partial charge in [-0.15, -0.1) is 11.3 Å². The maximum absolute atomic E-state index is 5.39. The molecule has 1 aromatic rings. The Labute approximate surface area is 84.3 Å². The first-order valence-electron chi connectivity index (χ1n) is 4.51. The molecular formula is C11H17NS. The van der Waals surface area contributed by atoms with Crippen LogP contribution in [0.15, 0.2) is 18.2 Å². The largest absolute Gasteiger partial charge is 0.327 e. The van der Waals surface area contributed by atoms with E-state index in [2.05, 4.69) is 39.0 Å². The van der Waals surface area contributed by atoms with Crippen LogP contribution in [-0.4, -0.2) is 6.54 Å². The summed E-state index contributed by atoms with van der Waals surface area (Å²) in [6.45, 7) is 7.31. The van der Waals surface area contributed by atoms with Crippen molar-refractivity contribution >= 4 is 17.4 Å². The Morgan fingerprint density at radius 3 is 2.54 bits per heavy atom. The van der Waals surface area contributed by atoms with Gasteiger partial charge in [-0.3, -0.25) is 0 Å². The molecule has 72 valence electrons. The SMILES string of the molecule is CC(C)(C)c1ccc(/C=C/CN)s1. The average molecular weight is 195 g/mol. The van der Waals surface area contributed by atoms with Gasteiger partial charge in [0.05, 0.1) is 0 Å². The van der Waals surface area contributed by atoms with Crippen LogP contribution < -0.4 is 5.73 Å². The van der Waals surface area contributed by atoms with Crippen molar-refractivity contribution in [3.8, 4) is 0 Å². The van der Waals surface area contributed by atoms with Gasteiger partial charge in [-0.2, -0.15) is 0 Å². The Balaban J connectivity index is 2.81. The van der Waals surface area contributed by atoms with Crippen LogP contribution in [0.3, 0.4) is 0 Å². The summed E-state index contributed by atoms with van der Waals surface area (Å²) in [6.07, 6.45) is 4.07. The van der Waals surface area contributed by atoms with E-state index < -0.39 is 0 Å². The van der Waals surface area contributed by atoms with Crippen LogP contribution in [0.25, 0.3) is 6.08 Å². The molecule has 0 aliphatic heterocycles. The third-order valence-corrected chi connectivity index (χ3v) is 3.26. The second kappa shape index (κ2) is 4.07. The van der Waals surface area contributed by atoms with Gasteiger partial charge in [0.2, 0.25) is 0 Å². The number of rotatable bonds is 2. The molecule has 0 aliphatic carbocycles. The van der Waals surface area contributed by atoms with Gasteiger partial charge < -0.3 is 5.73 Å². The highest BCUT2D eigenvalue weighted by Crippen LogP contribution is 2.29. The van der Waals surface area contributed by atoms with E-state index in [1.165, 1.54) is 9.75 Å². The summed E-state index contributed by atoms with van der Waals surface area (Å²) in [6, 6.07) is 4.35. The number of thiophene rings is 1. The molecule has 0 aliphatic rings. The maximum Gasteiger partial charge on any atom is 0.0270 e. The van der Waals surface area contributed by atoms with E-state index in [0.29, 0.717) is 6.54 Å². The molecule has 0 aromatic carbocycles. The zero-order valence-corrected chi connectivity index (χ0v) is 9.32. The number of nitrogens with two attached hydrogens (primary N) is 1. The predicted molar refractivity (Wildman–Crippen MR) is 61.1 cm³/mol. The van der Waals surface area contributed by atoms with Gasteiger partial charge >= 0.3 is 0 Å². The lowest BCUT2D eigenvalue weighted by Gasteiger charge is -2.15. The normalized spacial score (nSPS) is 12.6. The van der Waals surface area contributed by atoms with E-state index in [0.717, 1.165) is 0 Å². The molecule has 0 atom stereocenters. The zero-order chi connectivity index (χ0) is 9.90. The van der Waals surface area contributed by atoms with E-state index >= 15 is 0 Å². The Hall–Kier alpha value is -0.600. The molecule has 0 saturated heterocycles. The summed E-state index contributed by atoms with van der Waals surface area (Å²) in [5, 5.41) is 0. The number of hydrogen-bond donors (Lipinski definition) is 1. The Kier molecular flexibility index (Phi) is 3.28. The second-order valence-corrected chi connectivity index (χ2v) is 5.21. The quantitative estimate of drug-likeness (QED) is 0.771. The van der Waals surface area contributed by atoms with Gasteiger partial charge in [0.1, 0.15) is 0 Å². The van der Waals surface area contributed by atoms with Gasteiger partial charge in [-0.25, -0.2) is 0 Å². The Morgan fingerprint density at radius 1 is 1.38 bits per heavy atom. The van der Waals surface area contributed by atoms with Crippen molar-refractivity contribution < 1.29 is 0 Å². The standard InChI is InChI=1S/C11H17NS/c1-11(2,3)10-7-6-9(13-10)5-4-8-12/h4-7H,8,12H2,1-3H3/b5-4+. The summed E-state index contributed by atoms with van der Waals surface area (Å²) in [5.41, 5.74) is 5.65. The first kappa shape index (κ1) is 10.5. The van der Waals surface area contributed by atoms with Crippen LogP contribution in [0.1, 0.15) is 30.5 Å². The van der Waals surface area contributed by atoms with Crippen molar-refractivity contribution in [1.29, 1.82) is 0 Å². The van der Waals surface area contributed by atoms with Gasteiger partial charge in [0, 0.05) is 16.3 Å². The summed E-state index contributed by atoms with van der Waals surface area (Å²) in [4.78, 5) is 2.71. The van der Waals surface area contributed by atoms with E-state index in [9.17, 15) is 0 Å². The van der Waals surface area contributed by atoms with E-state index in [1.807, 2.05) is 17.4 Å². The Morgan fingerprint density at radius 2 is 2.08 bits per heavy atom. The second-order valence-electron chi connectivity index (χ2n) is 4.09. The molecule has 1 heterocycles. The summed E-state index contributed by atoms with van der Waals surface area (Å²) >= 11 is 1.84. The van der Waals surface area contributed by atoms with Crippen LogP contribution in [0.4, 0.5) is 0 Å². The first-order chi connectivity index (χ1) is 6.04. The smallest absolute Gasteiger partial charge is 0.0270 e. The fraction of sp³-hybridized carbons (Fsp3) is 0.455. The van der Waals surface area contributed by atoms with Crippen molar-refractivity contribution in [3.05, 3.63) is 28.0 Å². The zero-order valence-electron chi connectivity index (χ0n) is 8.50. The molecule has 0 saturated carbocycles. The maximum atomic E-state index is 5.39. The molecule has 0 fully saturated rings. The molecular weight excluding hydrogens is 178 g/mol. The van der Waals surface area contributed by atoms with Gasteiger partial charge in [-0.05, 0) is 23.6 Å². The topological polar surface area (TPSA) is 26.0 Å². The lowest BCUT2D eigenvalue weighted by atomic mass is 9.95. The third-order valence-electron chi connectivity index (χ3n) is 1.78. The summed E-state index contributed by atoms with van der Waals surface area (Å²) in [7, 11) is 0. The lowest BCUT2D eigenvalue weighted by molar-refractivity contribution is 0.604. The summed E-state index contributed by atoms with van der Waals surface area (Å²) in [5.74, 6) is 0. The minimum atomic E-state index is 0.263. The van der Waals surface area contributed by atoms with Crippen LogP contribution >= 0.6 is 11.3 Å². The molecule has 1 nitrogen and oxygen atoms in total. The molecule has 1 rings (SSSR count). The highest BCUT2D eigenvalue weighted by molar-refractivity contribution is 7.13. The Bertz CT molecular complexity index is 291. The fourth-order valence-electron chi connectivity index (χ4n) is 1.03. The molecule has 2 heteroatoms. The molecule has 0 amide bonds. The van der Waals surface area contributed by atoms with Crippen molar-refractivity contribution in [2.75, 3.05) is 6.54 Å². The summed E-state index contributed by atoms with van der Waals surface area (Å²) < 4.78 is 0. The van der Waals surface area contributed by atoms with E-state index in [-0.39, 0.29) is 5.41 Å². The predicted octanol–water partition coefficient (Wildman–Crippen LogP) is 3.02. The highest BCUT2D eigenvalue weighted by Gasteiger charge is 2.14. The highest BCUT2D eigenvalue weighted by atomic mass is 32.1. The molecule has 13 heavy (non-hydrogen) atoms. The fourth-order valence-corrected chi connectivity index (χ4v) is 2.03. The van der Waals surface area contributed by atoms with Crippen LogP contribution in [0.5, 0.6) is 0 Å². The van der Waals surface area contributed by atoms with Gasteiger partial charge in [0.15, 0.2) is 0 Å². The van der Waals surface area contributed by atoms with Crippen LogP contribution in [0, 0.1) is 0 Å². The third kappa shape index (κ3) is 2.98. The van der Waals surface area contributed by atoms with E-state index in [4.69, 9.17) is 5.73 Å². The lowest BCUT2D eigenvalue weighted by Crippen LogP contribution is -2.07. The molecule has 1 aromatic heterocycles. The van der Waals surface area contributed by atoms with Crippen molar-refractivity contribution in [3.63, 3.8) is 0 Å².